The third-order valence-electron chi connectivity index (χ3n) is 5.74. The van der Waals surface area contributed by atoms with E-state index in [1.807, 2.05) is 36.4 Å². The zero-order valence-electron chi connectivity index (χ0n) is 18.3. The fourth-order valence-electron chi connectivity index (χ4n) is 3.85. The number of hydrogen-bond donors (Lipinski definition) is 1. The number of hydrogen-bond acceptors (Lipinski definition) is 6. The number of carbonyl (C=O) groups excluding carboxylic acids is 2. The number of ether oxygens (including phenoxy) is 3. The Bertz CT molecular complexity index is 1250. The Morgan fingerprint density at radius 3 is 2.56 bits per heavy atom. The second-order valence-corrected chi connectivity index (χ2v) is 8.26. The number of amides is 2. The van der Waals surface area contributed by atoms with E-state index in [-0.39, 0.29) is 30.3 Å². The standard InChI is InChI=1S/C25H21N3O5S/c1-31-18-8-4-15(5-9-18)12-26-23(29)17-6-2-16(3-7-17)13-28-24(30)19-10-21-22(33-14-32-21)11-20(19)27-25(28)34/h2-11,19H,12-14H2,1H3,(H,26,29). The quantitative estimate of drug-likeness (QED) is 0.646. The molecule has 0 spiro atoms. The third kappa shape index (κ3) is 4.29. The van der Waals surface area contributed by atoms with Crippen LogP contribution >= 0.6 is 12.2 Å². The Balaban J connectivity index is 1.22. The van der Waals surface area contributed by atoms with Crippen molar-refractivity contribution in [2.24, 2.45) is 10.9 Å². The van der Waals surface area contributed by atoms with Gasteiger partial charge in [0.25, 0.3) is 5.91 Å². The molecule has 1 saturated heterocycles. The van der Waals surface area contributed by atoms with Gasteiger partial charge in [0.15, 0.2) is 11.5 Å². The molecular weight excluding hydrogens is 454 g/mol. The van der Waals surface area contributed by atoms with Crippen LogP contribution in [0, 0.1) is 5.92 Å². The Hall–Kier alpha value is -3.98. The van der Waals surface area contributed by atoms with Gasteiger partial charge in [-0.25, -0.2) is 4.99 Å². The molecule has 1 unspecified atom stereocenters. The highest BCUT2D eigenvalue weighted by Crippen LogP contribution is 2.31. The normalized spacial score (nSPS) is 18.6. The molecule has 1 atom stereocenters. The van der Waals surface area contributed by atoms with Gasteiger partial charge < -0.3 is 19.5 Å². The van der Waals surface area contributed by atoms with Crippen molar-refractivity contribution in [3.63, 3.8) is 0 Å². The van der Waals surface area contributed by atoms with Crippen LogP contribution < -0.4 is 10.1 Å². The average Bonchev–Trinajstić information content (AvgIpc) is 3.32. The van der Waals surface area contributed by atoms with Crippen molar-refractivity contribution >= 4 is 34.9 Å². The van der Waals surface area contributed by atoms with Gasteiger partial charge in [0, 0.05) is 18.2 Å². The molecule has 9 heteroatoms. The topological polar surface area (TPSA) is 89.5 Å². The van der Waals surface area contributed by atoms with Crippen molar-refractivity contribution in [3.8, 4) is 5.75 Å². The molecule has 0 bridgehead atoms. The van der Waals surface area contributed by atoms with E-state index >= 15 is 0 Å². The summed E-state index contributed by atoms with van der Waals surface area (Å²) in [5, 5.41) is 3.10. The summed E-state index contributed by atoms with van der Waals surface area (Å²) in [6, 6.07) is 14.6. The average molecular weight is 476 g/mol. The van der Waals surface area contributed by atoms with Crippen molar-refractivity contribution in [1.29, 1.82) is 0 Å². The fraction of sp³-hybridized carbons (Fsp3) is 0.200. The minimum Gasteiger partial charge on any atom is -0.497 e. The molecule has 2 aromatic rings. The predicted octanol–water partition coefficient (Wildman–Crippen LogP) is 3.10. The predicted molar refractivity (Wildman–Crippen MR) is 128 cm³/mol. The number of nitrogens with zero attached hydrogens (tertiary/aromatic N) is 2. The molecule has 1 fully saturated rings. The fourth-order valence-corrected chi connectivity index (χ4v) is 4.11. The number of fused-ring (bicyclic) bond motifs is 2. The van der Waals surface area contributed by atoms with Crippen molar-refractivity contribution in [2.45, 2.75) is 13.1 Å². The molecule has 5 rings (SSSR count). The maximum Gasteiger partial charge on any atom is 0.251 e. The Kier molecular flexibility index (Phi) is 5.85. The zero-order valence-corrected chi connectivity index (χ0v) is 19.1. The van der Waals surface area contributed by atoms with Gasteiger partial charge in [-0.15, -0.1) is 0 Å². The maximum atomic E-state index is 13.1. The van der Waals surface area contributed by atoms with E-state index in [4.69, 9.17) is 26.4 Å². The lowest BCUT2D eigenvalue weighted by molar-refractivity contribution is -0.129. The van der Waals surface area contributed by atoms with Crippen LogP contribution in [0.1, 0.15) is 21.5 Å². The van der Waals surface area contributed by atoms with E-state index in [1.54, 1.807) is 31.4 Å². The van der Waals surface area contributed by atoms with E-state index in [0.29, 0.717) is 29.3 Å². The van der Waals surface area contributed by atoms with Crippen LogP contribution in [0.5, 0.6) is 5.75 Å². The van der Waals surface area contributed by atoms with Crippen molar-refractivity contribution in [3.05, 3.63) is 88.9 Å². The lowest BCUT2D eigenvalue weighted by atomic mass is 9.93. The summed E-state index contributed by atoms with van der Waals surface area (Å²) in [6.07, 6.45) is 3.42. The number of allylic oxidation sites excluding steroid dienone is 1. The van der Waals surface area contributed by atoms with Crippen molar-refractivity contribution in [1.82, 2.24) is 10.2 Å². The van der Waals surface area contributed by atoms with E-state index in [0.717, 1.165) is 16.9 Å². The van der Waals surface area contributed by atoms with Gasteiger partial charge in [-0.05, 0) is 53.7 Å². The molecule has 0 radical (unpaired) electrons. The number of rotatable bonds is 6. The first kappa shape index (κ1) is 21.8. The lowest BCUT2D eigenvalue weighted by Crippen LogP contribution is -2.45. The van der Waals surface area contributed by atoms with Gasteiger partial charge in [0.2, 0.25) is 17.8 Å². The highest BCUT2D eigenvalue weighted by atomic mass is 32.1. The van der Waals surface area contributed by atoms with Gasteiger partial charge >= 0.3 is 0 Å². The van der Waals surface area contributed by atoms with Crippen LogP contribution in [0.3, 0.4) is 0 Å². The summed E-state index contributed by atoms with van der Waals surface area (Å²) in [6.45, 7) is 0.791. The van der Waals surface area contributed by atoms with E-state index in [2.05, 4.69) is 10.3 Å². The molecule has 2 amide bonds. The first-order chi connectivity index (χ1) is 16.5. The Morgan fingerprint density at radius 1 is 1.12 bits per heavy atom. The molecule has 2 heterocycles. The molecule has 0 saturated carbocycles. The van der Waals surface area contributed by atoms with Crippen LogP contribution in [-0.2, 0) is 27.4 Å². The monoisotopic (exact) mass is 475 g/mol. The highest BCUT2D eigenvalue weighted by molar-refractivity contribution is 7.80. The molecule has 0 aromatic heterocycles. The van der Waals surface area contributed by atoms with Crippen LogP contribution in [0.4, 0.5) is 0 Å². The molecular formula is C25H21N3O5S. The van der Waals surface area contributed by atoms with Crippen LogP contribution in [0.2, 0.25) is 0 Å². The molecule has 34 heavy (non-hydrogen) atoms. The maximum absolute atomic E-state index is 13.1. The number of methoxy groups -OCH3 is 1. The van der Waals surface area contributed by atoms with Crippen LogP contribution in [0.15, 0.2) is 77.2 Å². The number of thiocarbonyl (C=S) groups is 1. The van der Waals surface area contributed by atoms with Gasteiger partial charge in [-0.2, -0.15) is 0 Å². The lowest BCUT2D eigenvalue weighted by Gasteiger charge is -2.30. The zero-order chi connectivity index (χ0) is 23.7. The minimum atomic E-state index is -0.560. The summed E-state index contributed by atoms with van der Waals surface area (Å²) in [7, 11) is 1.61. The van der Waals surface area contributed by atoms with Gasteiger partial charge in [0.05, 0.1) is 19.4 Å². The largest absolute Gasteiger partial charge is 0.497 e. The Labute approximate surface area is 201 Å². The Morgan fingerprint density at radius 2 is 1.82 bits per heavy atom. The van der Waals surface area contributed by atoms with E-state index in [9.17, 15) is 9.59 Å². The SMILES string of the molecule is COc1ccc(CNC(=O)c2ccc(CN3C(=O)C4C=C5OCOC5=CC4=NC3=S)cc2)cc1. The van der Waals surface area contributed by atoms with E-state index in [1.165, 1.54) is 4.90 Å². The molecule has 8 nitrogen and oxygen atoms in total. The summed E-state index contributed by atoms with van der Waals surface area (Å²) >= 11 is 5.38. The van der Waals surface area contributed by atoms with Gasteiger partial charge in [0.1, 0.15) is 11.7 Å². The first-order valence-electron chi connectivity index (χ1n) is 10.7. The molecule has 1 aliphatic carbocycles. The van der Waals surface area contributed by atoms with Gasteiger partial charge in [-0.1, -0.05) is 24.3 Å². The van der Waals surface area contributed by atoms with Crippen molar-refractivity contribution in [2.75, 3.05) is 13.9 Å². The minimum absolute atomic E-state index is 0.125. The van der Waals surface area contributed by atoms with Gasteiger partial charge in [-0.3, -0.25) is 14.5 Å². The summed E-state index contributed by atoms with van der Waals surface area (Å²) in [5.74, 6) is 0.970. The number of benzene rings is 2. The highest BCUT2D eigenvalue weighted by Gasteiger charge is 2.38. The molecule has 2 aromatic carbocycles. The molecule has 1 N–H and O–H groups in total. The summed E-state index contributed by atoms with van der Waals surface area (Å²) in [4.78, 5) is 31.5. The number of aliphatic imine (C=N–C) groups is 1. The molecule has 3 aliphatic rings. The van der Waals surface area contributed by atoms with E-state index < -0.39 is 5.92 Å². The third-order valence-corrected chi connectivity index (χ3v) is 6.06. The number of carbonyl (C=O) groups is 2. The molecule has 172 valence electrons. The summed E-state index contributed by atoms with van der Waals surface area (Å²) < 4.78 is 15.9. The van der Waals surface area contributed by atoms with Crippen molar-refractivity contribution < 1.29 is 23.8 Å². The smallest absolute Gasteiger partial charge is 0.251 e. The second-order valence-electron chi connectivity index (χ2n) is 7.90. The molecule has 2 aliphatic heterocycles. The number of nitrogens with one attached hydrogen (secondary N) is 1. The second kappa shape index (κ2) is 9.11. The van der Waals surface area contributed by atoms with Crippen LogP contribution in [0.25, 0.3) is 0 Å². The van der Waals surface area contributed by atoms with Crippen LogP contribution in [-0.4, -0.2) is 41.4 Å². The summed E-state index contributed by atoms with van der Waals surface area (Å²) in [5.41, 5.74) is 2.88. The first-order valence-corrected chi connectivity index (χ1v) is 11.1.